The summed E-state index contributed by atoms with van der Waals surface area (Å²) in [7, 11) is -3.66. The smallest absolute Gasteiger partial charge is 0.262 e. The van der Waals surface area contributed by atoms with E-state index in [4.69, 9.17) is 5.84 Å². The van der Waals surface area contributed by atoms with Crippen molar-refractivity contribution < 1.29 is 13.5 Å². The average Bonchev–Trinajstić information content (AvgIpc) is 2.39. The third-order valence-electron chi connectivity index (χ3n) is 2.93. The van der Waals surface area contributed by atoms with Crippen molar-refractivity contribution in [1.82, 2.24) is 9.29 Å². The molecule has 2 heterocycles. The van der Waals surface area contributed by atoms with Crippen LogP contribution in [0, 0.1) is 0 Å². The first kappa shape index (κ1) is 13.2. The molecule has 4 N–H and O–H groups in total. The van der Waals surface area contributed by atoms with Crippen LogP contribution in [0.1, 0.15) is 12.8 Å². The van der Waals surface area contributed by atoms with Gasteiger partial charge in [-0.3, -0.25) is 5.84 Å². The number of hydrogen-bond acceptors (Lipinski definition) is 6. The van der Waals surface area contributed by atoms with Crippen molar-refractivity contribution in [3.8, 4) is 0 Å². The molecule has 0 saturated carbocycles. The van der Waals surface area contributed by atoms with E-state index in [0.717, 1.165) is 0 Å². The quantitative estimate of drug-likeness (QED) is 0.506. The number of aliphatic hydroxyl groups is 1. The molecule has 2 rings (SSSR count). The van der Waals surface area contributed by atoms with E-state index in [0.29, 0.717) is 25.9 Å². The monoisotopic (exact) mass is 272 g/mol. The van der Waals surface area contributed by atoms with Crippen LogP contribution in [0.15, 0.2) is 23.4 Å². The van der Waals surface area contributed by atoms with E-state index in [-0.39, 0.29) is 10.7 Å². The molecule has 7 nitrogen and oxygen atoms in total. The molecule has 0 atom stereocenters. The second-order valence-electron chi connectivity index (χ2n) is 4.14. The molecule has 1 fully saturated rings. The molecule has 1 saturated heterocycles. The molecule has 1 aliphatic rings. The van der Waals surface area contributed by atoms with Gasteiger partial charge in [-0.15, -0.1) is 0 Å². The summed E-state index contributed by atoms with van der Waals surface area (Å²) in [6.07, 6.45) is 1.87. The zero-order valence-electron chi connectivity index (χ0n) is 9.78. The maximum absolute atomic E-state index is 12.4. The molecule has 0 amide bonds. The number of nitrogens with two attached hydrogens (primary N) is 1. The van der Waals surface area contributed by atoms with Crippen molar-refractivity contribution in [1.29, 1.82) is 0 Å². The molecule has 0 unspecified atom stereocenters. The molecule has 0 aromatic carbocycles. The highest BCUT2D eigenvalue weighted by Gasteiger charge is 2.31. The number of piperidine rings is 1. The molecule has 1 aliphatic heterocycles. The van der Waals surface area contributed by atoms with Gasteiger partial charge in [-0.2, -0.15) is 4.31 Å². The van der Waals surface area contributed by atoms with Gasteiger partial charge >= 0.3 is 0 Å². The first-order chi connectivity index (χ1) is 8.55. The highest BCUT2D eigenvalue weighted by atomic mass is 32.2. The number of anilines is 1. The second kappa shape index (κ2) is 5.19. The second-order valence-corrected chi connectivity index (χ2v) is 5.99. The molecule has 0 radical (unpaired) electrons. The summed E-state index contributed by atoms with van der Waals surface area (Å²) in [6.45, 7) is 0.591. The van der Waals surface area contributed by atoms with Gasteiger partial charge in [-0.1, -0.05) is 0 Å². The van der Waals surface area contributed by atoms with Gasteiger partial charge in [0.2, 0.25) is 0 Å². The molecule has 100 valence electrons. The summed E-state index contributed by atoms with van der Waals surface area (Å²) in [4.78, 5) is 3.88. The summed E-state index contributed by atoms with van der Waals surface area (Å²) in [5.41, 5.74) is 2.60. The summed E-state index contributed by atoms with van der Waals surface area (Å²) in [5.74, 6) is 5.29. The zero-order valence-corrected chi connectivity index (χ0v) is 10.6. The summed E-state index contributed by atoms with van der Waals surface area (Å²) >= 11 is 0. The van der Waals surface area contributed by atoms with Crippen LogP contribution in [-0.4, -0.2) is 42.0 Å². The molecular formula is C10H16N4O3S. The Bertz CT molecular complexity index is 512. The van der Waals surface area contributed by atoms with Crippen LogP contribution in [-0.2, 0) is 10.0 Å². The standard InChI is InChI=1S/C10H16N4O3S/c11-13-9-2-1-5-12-10(9)18(16,17)14-6-3-8(15)4-7-14/h1-2,5,8,13,15H,3-4,6-7,11H2. The topological polar surface area (TPSA) is 109 Å². The summed E-state index contributed by atoms with van der Waals surface area (Å²) in [6, 6.07) is 3.16. The van der Waals surface area contributed by atoms with Gasteiger partial charge in [-0.05, 0) is 25.0 Å². The van der Waals surface area contributed by atoms with Crippen LogP contribution in [0.3, 0.4) is 0 Å². The highest BCUT2D eigenvalue weighted by molar-refractivity contribution is 7.89. The number of nitrogen functional groups attached to an aromatic ring is 1. The number of hydrogen-bond donors (Lipinski definition) is 3. The molecule has 0 bridgehead atoms. The van der Waals surface area contributed by atoms with E-state index >= 15 is 0 Å². The van der Waals surface area contributed by atoms with E-state index in [1.54, 1.807) is 12.1 Å². The Hall–Kier alpha value is -1.22. The highest BCUT2D eigenvalue weighted by Crippen LogP contribution is 2.24. The largest absolute Gasteiger partial charge is 0.393 e. The molecule has 1 aromatic heterocycles. The summed E-state index contributed by atoms with van der Waals surface area (Å²) in [5, 5.41) is 9.31. The van der Waals surface area contributed by atoms with Gasteiger partial charge in [-0.25, -0.2) is 13.4 Å². The number of nitrogens with one attached hydrogen (secondary N) is 1. The fourth-order valence-electron chi connectivity index (χ4n) is 1.91. The first-order valence-electron chi connectivity index (χ1n) is 5.65. The maximum atomic E-state index is 12.4. The third-order valence-corrected chi connectivity index (χ3v) is 4.79. The van der Waals surface area contributed by atoms with Gasteiger partial charge < -0.3 is 10.5 Å². The van der Waals surface area contributed by atoms with Gasteiger partial charge in [0.1, 0.15) is 0 Å². The normalized spacial score (nSPS) is 18.8. The SMILES string of the molecule is NNc1cccnc1S(=O)(=O)N1CCC(O)CC1. The first-order valence-corrected chi connectivity index (χ1v) is 7.09. The van der Waals surface area contributed by atoms with Crippen molar-refractivity contribution in [2.75, 3.05) is 18.5 Å². The lowest BCUT2D eigenvalue weighted by Crippen LogP contribution is -2.40. The fraction of sp³-hybridized carbons (Fsp3) is 0.500. The zero-order chi connectivity index (χ0) is 13.2. The number of sulfonamides is 1. The van der Waals surface area contributed by atoms with E-state index in [9.17, 15) is 13.5 Å². The molecule has 8 heteroatoms. The fourth-order valence-corrected chi connectivity index (χ4v) is 3.45. The average molecular weight is 272 g/mol. The van der Waals surface area contributed by atoms with Crippen molar-refractivity contribution in [2.24, 2.45) is 5.84 Å². The Balaban J connectivity index is 2.30. The number of pyridine rings is 1. The molecule has 18 heavy (non-hydrogen) atoms. The number of hydrazine groups is 1. The maximum Gasteiger partial charge on any atom is 0.262 e. The minimum atomic E-state index is -3.66. The Labute approximate surface area is 106 Å². The van der Waals surface area contributed by atoms with Crippen LogP contribution in [0.2, 0.25) is 0 Å². The Morgan fingerprint density at radius 1 is 1.44 bits per heavy atom. The van der Waals surface area contributed by atoms with Crippen molar-refractivity contribution in [3.05, 3.63) is 18.3 Å². The van der Waals surface area contributed by atoms with E-state index < -0.39 is 16.1 Å². The van der Waals surface area contributed by atoms with Crippen LogP contribution in [0.25, 0.3) is 0 Å². The Kier molecular flexibility index (Phi) is 3.81. The minimum Gasteiger partial charge on any atom is -0.393 e. The van der Waals surface area contributed by atoms with Crippen LogP contribution >= 0.6 is 0 Å². The Morgan fingerprint density at radius 3 is 2.72 bits per heavy atom. The van der Waals surface area contributed by atoms with Crippen LogP contribution in [0.5, 0.6) is 0 Å². The number of aromatic nitrogens is 1. The number of aliphatic hydroxyl groups excluding tert-OH is 1. The van der Waals surface area contributed by atoms with Gasteiger partial charge in [0.15, 0.2) is 5.03 Å². The van der Waals surface area contributed by atoms with Crippen LogP contribution < -0.4 is 11.3 Å². The molecule has 0 aliphatic carbocycles. The van der Waals surface area contributed by atoms with Crippen molar-refractivity contribution >= 4 is 15.7 Å². The van der Waals surface area contributed by atoms with Gasteiger partial charge in [0.25, 0.3) is 10.0 Å². The molecular weight excluding hydrogens is 256 g/mol. The van der Waals surface area contributed by atoms with Gasteiger partial charge in [0, 0.05) is 19.3 Å². The Morgan fingerprint density at radius 2 is 2.11 bits per heavy atom. The lowest BCUT2D eigenvalue weighted by molar-refractivity contribution is 0.113. The predicted molar refractivity (Wildman–Crippen MR) is 66.0 cm³/mol. The molecule has 1 aromatic rings. The van der Waals surface area contributed by atoms with Gasteiger partial charge in [0.05, 0.1) is 11.8 Å². The predicted octanol–water partition coefficient (Wildman–Crippen LogP) is -0.487. The van der Waals surface area contributed by atoms with Crippen LogP contribution in [0.4, 0.5) is 5.69 Å². The van der Waals surface area contributed by atoms with Crippen molar-refractivity contribution in [3.63, 3.8) is 0 Å². The minimum absolute atomic E-state index is 0.0797. The van der Waals surface area contributed by atoms with E-state index in [1.807, 2.05) is 0 Å². The summed E-state index contributed by atoms with van der Waals surface area (Å²) < 4.78 is 26.0. The number of rotatable bonds is 3. The van der Waals surface area contributed by atoms with E-state index in [2.05, 4.69) is 10.4 Å². The lowest BCUT2D eigenvalue weighted by Gasteiger charge is -2.28. The third kappa shape index (κ3) is 2.46. The lowest BCUT2D eigenvalue weighted by atomic mass is 10.1. The number of nitrogens with zero attached hydrogens (tertiary/aromatic N) is 2. The van der Waals surface area contributed by atoms with Crippen molar-refractivity contribution in [2.45, 2.75) is 24.0 Å². The van der Waals surface area contributed by atoms with E-state index in [1.165, 1.54) is 10.5 Å². The molecule has 0 spiro atoms.